The highest BCUT2D eigenvalue weighted by Crippen LogP contribution is 2.24. The Hall–Kier alpha value is -2.69. The molecule has 0 aliphatic carbocycles. The first-order valence-electron chi connectivity index (χ1n) is 6.35. The van der Waals surface area contributed by atoms with Crippen LogP contribution in [0.4, 0.5) is 5.69 Å². The van der Waals surface area contributed by atoms with Gasteiger partial charge in [-0.3, -0.25) is 9.97 Å². The van der Waals surface area contributed by atoms with Crippen LogP contribution >= 0.6 is 0 Å². The van der Waals surface area contributed by atoms with Crippen molar-refractivity contribution < 1.29 is 0 Å². The van der Waals surface area contributed by atoms with Crippen LogP contribution in [-0.4, -0.2) is 19.5 Å². The van der Waals surface area contributed by atoms with E-state index in [-0.39, 0.29) is 0 Å². The molecule has 0 aliphatic rings. The lowest BCUT2D eigenvalue weighted by atomic mass is 10.2. The van der Waals surface area contributed by atoms with Gasteiger partial charge in [0, 0.05) is 35.5 Å². The van der Waals surface area contributed by atoms with Crippen molar-refractivity contribution in [1.29, 1.82) is 0 Å². The summed E-state index contributed by atoms with van der Waals surface area (Å²) in [5, 5.41) is 0. The first-order valence-corrected chi connectivity index (χ1v) is 6.35. The third kappa shape index (κ3) is 2.38. The lowest BCUT2D eigenvalue weighted by Crippen LogP contribution is -2.02. The number of nitrogens with two attached hydrogens (primary N) is 1. The second kappa shape index (κ2) is 5.13. The van der Waals surface area contributed by atoms with Gasteiger partial charge >= 0.3 is 0 Å². The summed E-state index contributed by atoms with van der Waals surface area (Å²) in [7, 11) is 0. The van der Waals surface area contributed by atoms with Crippen molar-refractivity contribution in [2.24, 2.45) is 0 Å². The predicted octanol–water partition coefficient (Wildman–Crippen LogP) is 2.28. The zero-order valence-corrected chi connectivity index (χ0v) is 11.2. The van der Waals surface area contributed by atoms with Gasteiger partial charge in [-0.05, 0) is 24.6 Å². The van der Waals surface area contributed by atoms with E-state index in [2.05, 4.69) is 21.0 Å². The van der Waals surface area contributed by atoms with Gasteiger partial charge in [0.1, 0.15) is 0 Å². The molecule has 0 radical (unpaired) electrons. The minimum atomic E-state index is 0.698. The number of aromatic nitrogens is 4. The van der Waals surface area contributed by atoms with Crippen molar-refractivity contribution in [3.63, 3.8) is 0 Å². The summed E-state index contributed by atoms with van der Waals surface area (Å²) in [6, 6.07) is 5.86. The Labute approximate surface area is 117 Å². The molecule has 20 heavy (non-hydrogen) atoms. The quantitative estimate of drug-likeness (QED) is 0.788. The van der Waals surface area contributed by atoms with Crippen LogP contribution < -0.4 is 5.73 Å². The van der Waals surface area contributed by atoms with Gasteiger partial charge in [0.25, 0.3) is 0 Å². The maximum atomic E-state index is 6.00. The molecule has 3 rings (SSSR count). The molecule has 0 unspecified atom stereocenters. The van der Waals surface area contributed by atoms with Crippen molar-refractivity contribution in [2.45, 2.75) is 13.5 Å². The highest BCUT2D eigenvalue weighted by molar-refractivity contribution is 5.72. The third-order valence-corrected chi connectivity index (χ3v) is 3.17. The fourth-order valence-corrected chi connectivity index (χ4v) is 2.08. The predicted molar refractivity (Wildman–Crippen MR) is 77.9 cm³/mol. The van der Waals surface area contributed by atoms with E-state index in [1.54, 1.807) is 31.0 Å². The standard InChI is InChI=1S/C15H15N5/c1-11-2-3-12(6-19-11)9-20-10-18-8-15(20)13-7-17-5-4-14(13)16/h2-8,10H,9H2,1H3,(H2,16,17). The topological polar surface area (TPSA) is 69.6 Å². The zero-order chi connectivity index (χ0) is 13.9. The molecule has 2 N–H and O–H groups in total. The molecule has 0 saturated carbocycles. The van der Waals surface area contributed by atoms with E-state index in [1.165, 1.54) is 0 Å². The van der Waals surface area contributed by atoms with Gasteiger partial charge in [0.05, 0.1) is 24.8 Å². The molecule has 3 aromatic heterocycles. The average Bonchev–Trinajstić information content (AvgIpc) is 2.90. The van der Waals surface area contributed by atoms with Gasteiger partial charge in [-0.15, -0.1) is 0 Å². The average molecular weight is 265 g/mol. The number of aryl methyl sites for hydroxylation is 1. The highest BCUT2D eigenvalue weighted by Gasteiger charge is 2.09. The van der Waals surface area contributed by atoms with Crippen LogP contribution in [0.25, 0.3) is 11.3 Å². The Morgan fingerprint density at radius 1 is 1.10 bits per heavy atom. The summed E-state index contributed by atoms with van der Waals surface area (Å²) >= 11 is 0. The van der Waals surface area contributed by atoms with Crippen molar-refractivity contribution in [2.75, 3.05) is 5.73 Å². The Morgan fingerprint density at radius 3 is 2.75 bits per heavy atom. The number of nitrogens with zero attached hydrogens (tertiary/aromatic N) is 4. The van der Waals surface area contributed by atoms with Crippen LogP contribution in [0.2, 0.25) is 0 Å². The van der Waals surface area contributed by atoms with Crippen molar-refractivity contribution in [3.8, 4) is 11.3 Å². The molecule has 100 valence electrons. The molecule has 0 atom stereocenters. The maximum Gasteiger partial charge on any atom is 0.0954 e. The lowest BCUT2D eigenvalue weighted by Gasteiger charge is -2.09. The monoisotopic (exact) mass is 265 g/mol. The van der Waals surface area contributed by atoms with E-state index in [0.717, 1.165) is 22.5 Å². The van der Waals surface area contributed by atoms with Crippen molar-refractivity contribution >= 4 is 5.69 Å². The molecule has 3 heterocycles. The molecule has 0 amide bonds. The Bertz CT molecular complexity index is 715. The van der Waals surface area contributed by atoms with Gasteiger partial charge in [0.2, 0.25) is 0 Å². The van der Waals surface area contributed by atoms with E-state index < -0.39 is 0 Å². The molecular formula is C15H15N5. The first kappa shape index (κ1) is 12.3. The smallest absolute Gasteiger partial charge is 0.0954 e. The lowest BCUT2D eigenvalue weighted by molar-refractivity contribution is 0.799. The summed E-state index contributed by atoms with van der Waals surface area (Å²) in [5.74, 6) is 0. The number of hydrogen-bond donors (Lipinski definition) is 1. The molecule has 5 heteroatoms. The fraction of sp³-hybridized carbons (Fsp3) is 0.133. The molecular weight excluding hydrogens is 250 g/mol. The maximum absolute atomic E-state index is 6.00. The SMILES string of the molecule is Cc1ccc(Cn2cncc2-c2cnccc2N)cn1. The molecule has 3 aromatic rings. The largest absolute Gasteiger partial charge is 0.398 e. The van der Waals surface area contributed by atoms with Crippen LogP contribution in [0, 0.1) is 6.92 Å². The fourth-order valence-electron chi connectivity index (χ4n) is 2.08. The van der Waals surface area contributed by atoms with E-state index in [1.807, 2.05) is 23.8 Å². The second-order valence-electron chi connectivity index (χ2n) is 4.68. The molecule has 0 fully saturated rings. The van der Waals surface area contributed by atoms with Crippen LogP contribution in [-0.2, 0) is 6.54 Å². The van der Waals surface area contributed by atoms with E-state index in [4.69, 9.17) is 5.73 Å². The number of anilines is 1. The van der Waals surface area contributed by atoms with Crippen LogP contribution in [0.3, 0.4) is 0 Å². The second-order valence-corrected chi connectivity index (χ2v) is 4.68. The molecule has 0 aromatic carbocycles. The van der Waals surface area contributed by atoms with Crippen LogP contribution in [0.15, 0.2) is 49.3 Å². The van der Waals surface area contributed by atoms with Crippen molar-refractivity contribution in [3.05, 3.63) is 60.6 Å². The van der Waals surface area contributed by atoms with Gasteiger partial charge in [-0.1, -0.05) is 6.07 Å². The molecule has 0 aliphatic heterocycles. The van der Waals surface area contributed by atoms with E-state index >= 15 is 0 Å². The van der Waals surface area contributed by atoms with E-state index in [9.17, 15) is 0 Å². The molecule has 0 bridgehead atoms. The zero-order valence-electron chi connectivity index (χ0n) is 11.2. The molecule has 5 nitrogen and oxygen atoms in total. The summed E-state index contributed by atoms with van der Waals surface area (Å²) in [5.41, 5.74) is 10.7. The minimum absolute atomic E-state index is 0.698. The third-order valence-electron chi connectivity index (χ3n) is 3.17. The Morgan fingerprint density at radius 2 is 2.00 bits per heavy atom. The summed E-state index contributed by atoms with van der Waals surface area (Å²) in [6.07, 6.45) is 8.92. The summed E-state index contributed by atoms with van der Waals surface area (Å²) in [4.78, 5) is 12.6. The number of nitrogen functional groups attached to an aromatic ring is 1. The van der Waals surface area contributed by atoms with Gasteiger partial charge in [-0.25, -0.2) is 4.98 Å². The van der Waals surface area contributed by atoms with Crippen molar-refractivity contribution in [1.82, 2.24) is 19.5 Å². The summed E-state index contributed by atoms with van der Waals surface area (Å²) < 4.78 is 2.04. The normalized spacial score (nSPS) is 10.7. The Kier molecular flexibility index (Phi) is 3.16. The molecule has 0 spiro atoms. The number of hydrogen-bond acceptors (Lipinski definition) is 4. The van der Waals surface area contributed by atoms with E-state index in [0.29, 0.717) is 12.2 Å². The van der Waals surface area contributed by atoms with Gasteiger partial charge in [-0.2, -0.15) is 0 Å². The number of imidazole rings is 1. The first-order chi connectivity index (χ1) is 9.74. The van der Waals surface area contributed by atoms with Crippen LogP contribution in [0.5, 0.6) is 0 Å². The minimum Gasteiger partial charge on any atom is -0.398 e. The Balaban J connectivity index is 1.95. The van der Waals surface area contributed by atoms with Crippen LogP contribution in [0.1, 0.15) is 11.3 Å². The number of pyridine rings is 2. The highest BCUT2D eigenvalue weighted by atomic mass is 15.0. The van der Waals surface area contributed by atoms with Gasteiger partial charge < -0.3 is 10.3 Å². The summed E-state index contributed by atoms with van der Waals surface area (Å²) in [6.45, 7) is 2.68. The number of rotatable bonds is 3. The van der Waals surface area contributed by atoms with Gasteiger partial charge in [0.15, 0.2) is 0 Å². The molecule has 0 saturated heterocycles.